The molecule has 4 N–H and O–H groups in total. The standard InChI is InChI=1S/C8H12N4O/c9-6-3-7(11-4-10-6)12-8(13)5-1-2-5/h3-5,8,13H,1-2H2,(H3,9,10,11,12). The van der Waals surface area contributed by atoms with Crippen LogP contribution in [0.5, 0.6) is 0 Å². The van der Waals surface area contributed by atoms with E-state index in [1.165, 1.54) is 6.33 Å². The Morgan fingerprint density at radius 2 is 2.31 bits per heavy atom. The third-order valence-corrected chi connectivity index (χ3v) is 2.05. The Kier molecular flexibility index (Phi) is 2.02. The molecule has 1 aliphatic rings. The molecular weight excluding hydrogens is 168 g/mol. The lowest BCUT2D eigenvalue weighted by atomic mass is 10.3. The first kappa shape index (κ1) is 8.25. The van der Waals surface area contributed by atoms with Gasteiger partial charge >= 0.3 is 0 Å². The predicted molar refractivity (Wildman–Crippen MR) is 48.8 cm³/mol. The molecule has 0 radical (unpaired) electrons. The molecule has 1 heterocycles. The molecule has 1 aromatic heterocycles. The zero-order valence-electron chi connectivity index (χ0n) is 7.14. The molecule has 1 atom stereocenters. The lowest BCUT2D eigenvalue weighted by Gasteiger charge is -2.11. The highest BCUT2D eigenvalue weighted by molar-refractivity contribution is 5.43. The summed E-state index contributed by atoms with van der Waals surface area (Å²) >= 11 is 0. The molecule has 5 nitrogen and oxygen atoms in total. The average Bonchev–Trinajstić information content (AvgIpc) is 2.85. The van der Waals surface area contributed by atoms with Crippen molar-refractivity contribution in [2.45, 2.75) is 19.1 Å². The van der Waals surface area contributed by atoms with Crippen molar-refractivity contribution in [3.05, 3.63) is 12.4 Å². The van der Waals surface area contributed by atoms with E-state index in [-0.39, 0.29) is 0 Å². The Bertz CT molecular complexity index is 300. The van der Waals surface area contributed by atoms with Gasteiger partial charge in [0, 0.05) is 12.0 Å². The summed E-state index contributed by atoms with van der Waals surface area (Å²) in [6.07, 6.45) is 3.02. The first-order valence-corrected chi connectivity index (χ1v) is 4.28. The summed E-state index contributed by atoms with van der Waals surface area (Å²) in [4.78, 5) is 7.68. The van der Waals surface area contributed by atoms with E-state index >= 15 is 0 Å². The molecule has 0 amide bonds. The fourth-order valence-electron chi connectivity index (χ4n) is 1.13. The maximum absolute atomic E-state index is 9.52. The zero-order valence-corrected chi connectivity index (χ0v) is 7.14. The highest BCUT2D eigenvalue weighted by atomic mass is 16.3. The Hall–Kier alpha value is -1.36. The maximum atomic E-state index is 9.52. The second-order valence-corrected chi connectivity index (χ2v) is 3.25. The van der Waals surface area contributed by atoms with E-state index < -0.39 is 6.23 Å². The topological polar surface area (TPSA) is 84.1 Å². The number of rotatable bonds is 3. The summed E-state index contributed by atoms with van der Waals surface area (Å²) in [7, 11) is 0. The smallest absolute Gasteiger partial charge is 0.133 e. The van der Waals surface area contributed by atoms with Gasteiger partial charge in [-0.3, -0.25) is 0 Å². The first-order chi connectivity index (χ1) is 6.25. The lowest BCUT2D eigenvalue weighted by molar-refractivity contribution is 0.179. The van der Waals surface area contributed by atoms with Gasteiger partial charge < -0.3 is 16.2 Å². The van der Waals surface area contributed by atoms with E-state index in [2.05, 4.69) is 15.3 Å². The number of hydrogen-bond donors (Lipinski definition) is 3. The molecule has 0 aromatic carbocycles. The van der Waals surface area contributed by atoms with Crippen LogP contribution in [0.3, 0.4) is 0 Å². The molecular formula is C8H12N4O. The fraction of sp³-hybridized carbons (Fsp3) is 0.500. The van der Waals surface area contributed by atoms with E-state index in [4.69, 9.17) is 5.73 Å². The molecule has 0 saturated heterocycles. The summed E-state index contributed by atoms with van der Waals surface area (Å²) < 4.78 is 0. The number of aliphatic hydroxyl groups excluding tert-OH is 1. The molecule has 13 heavy (non-hydrogen) atoms. The average molecular weight is 180 g/mol. The molecule has 0 bridgehead atoms. The highest BCUT2D eigenvalue weighted by Gasteiger charge is 2.29. The molecule has 70 valence electrons. The van der Waals surface area contributed by atoms with Gasteiger partial charge in [0.15, 0.2) is 0 Å². The van der Waals surface area contributed by atoms with Crippen molar-refractivity contribution in [3.8, 4) is 0 Å². The normalized spacial score (nSPS) is 18.2. The molecule has 1 unspecified atom stereocenters. The van der Waals surface area contributed by atoms with Gasteiger partial charge in [-0.15, -0.1) is 0 Å². The molecule has 5 heteroatoms. The van der Waals surface area contributed by atoms with Gasteiger partial charge in [0.2, 0.25) is 0 Å². The van der Waals surface area contributed by atoms with Crippen LogP contribution in [-0.2, 0) is 0 Å². The van der Waals surface area contributed by atoms with Gasteiger partial charge in [0.1, 0.15) is 24.2 Å². The minimum Gasteiger partial charge on any atom is -0.384 e. The molecule has 0 spiro atoms. The van der Waals surface area contributed by atoms with Crippen LogP contribution in [0.2, 0.25) is 0 Å². The summed E-state index contributed by atoms with van der Waals surface area (Å²) in [5.74, 6) is 1.35. The van der Waals surface area contributed by atoms with Crippen LogP contribution in [0.25, 0.3) is 0 Å². The third kappa shape index (κ3) is 2.06. The van der Waals surface area contributed by atoms with Crippen LogP contribution in [-0.4, -0.2) is 21.3 Å². The highest BCUT2D eigenvalue weighted by Crippen LogP contribution is 2.32. The first-order valence-electron chi connectivity index (χ1n) is 4.28. The van der Waals surface area contributed by atoms with E-state index in [1.54, 1.807) is 6.07 Å². The number of aromatic nitrogens is 2. The van der Waals surface area contributed by atoms with Gasteiger partial charge in [-0.1, -0.05) is 0 Å². The van der Waals surface area contributed by atoms with Crippen molar-refractivity contribution in [1.82, 2.24) is 9.97 Å². The lowest BCUT2D eigenvalue weighted by Crippen LogP contribution is -2.21. The predicted octanol–water partition coefficient (Wildman–Crippen LogP) is 0.199. The SMILES string of the molecule is Nc1cc(NC(O)C2CC2)ncn1. The number of nitrogens with zero attached hydrogens (tertiary/aromatic N) is 2. The molecule has 1 aliphatic carbocycles. The largest absolute Gasteiger partial charge is 0.384 e. The van der Waals surface area contributed by atoms with Crippen LogP contribution in [0, 0.1) is 5.92 Å². The second-order valence-electron chi connectivity index (χ2n) is 3.25. The van der Waals surface area contributed by atoms with E-state index in [1.807, 2.05) is 0 Å². The van der Waals surface area contributed by atoms with Gasteiger partial charge in [-0.25, -0.2) is 9.97 Å². The van der Waals surface area contributed by atoms with Gasteiger partial charge in [-0.05, 0) is 12.8 Å². The summed E-state index contributed by atoms with van der Waals surface area (Å²) in [5.41, 5.74) is 5.45. The number of anilines is 2. The van der Waals surface area contributed by atoms with Crippen molar-refractivity contribution in [2.24, 2.45) is 5.92 Å². The van der Waals surface area contributed by atoms with Crippen molar-refractivity contribution >= 4 is 11.6 Å². The van der Waals surface area contributed by atoms with Crippen LogP contribution < -0.4 is 11.1 Å². The number of aliphatic hydroxyl groups is 1. The molecule has 2 rings (SSSR count). The maximum Gasteiger partial charge on any atom is 0.133 e. The number of hydrogen-bond acceptors (Lipinski definition) is 5. The Labute approximate surface area is 76.0 Å². The van der Waals surface area contributed by atoms with Crippen LogP contribution in [0.15, 0.2) is 12.4 Å². The van der Waals surface area contributed by atoms with Crippen LogP contribution in [0.4, 0.5) is 11.6 Å². The van der Waals surface area contributed by atoms with Gasteiger partial charge in [0.25, 0.3) is 0 Å². The van der Waals surface area contributed by atoms with Crippen molar-refractivity contribution in [3.63, 3.8) is 0 Å². The van der Waals surface area contributed by atoms with Crippen LogP contribution in [0.1, 0.15) is 12.8 Å². The third-order valence-electron chi connectivity index (χ3n) is 2.05. The van der Waals surface area contributed by atoms with Gasteiger partial charge in [0.05, 0.1) is 0 Å². The van der Waals surface area contributed by atoms with Crippen molar-refractivity contribution in [2.75, 3.05) is 11.1 Å². The Morgan fingerprint density at radius 3 is 2.92 bits per heavy atom. The Morgan fingerprint density at radius 1 is 1.54 bits per heavy atom. The van der Waals surface area contributed by atoms with Gasteiger partial charge in [-0.2, -0.15) is 0 Å². The number of nitrogens with two attached hydrogens (primary N) is 1. The Balaban J connectivity index is 2.00. The summed E-state index contributed by atoms with van der Waals surface area (Å²) in [5, 5.41) is 12.4. The van der Waals surface area contributed by atoms with Crippen molar-refractivity contribution < 1.29 is 5.11 Å². The molecule has 0 aliphatic heterocycles. The second kappa shape index (κ2) is 3.18. The van der Waals surface area contributed by atoms with Crippen LogP contribution >= 0.6 is 0 Å². The molecule has 1 fully saturated rings. The zero-order chi connectivity index (χ0) is 9.26. The van der Waals surface area contributed by atoms with E-state index in [9.17, 15) is 5.11 Å². The monoisotopic (exact) mass is 180 g/mol. The quantitative estimate of drug-likeness (QED) is 0.579. The summed E-state index contributed by atoms with van der Waals surface area (Å²) in [6.45, 7) is 0. The molecule has 1 aromatic rings. The fourth-order valence-corrected chi connectivity index (χ4v) is 1.13. The number of nitrogen functional groups attached to an aromatic ring is 1. The minimum absolute atomic E-state index is 0.371. The minimum atomic E-state index is -0.505. The summed E-state index contributed by atoms with van der Waals surface area (Å²) in [6, 6.07) is 1.60. The molecule has 1 saturated carbocycles. The van der Waals surface area contributed by atoms with E-state index in [0.717, 1.165) is 12.8 Å². The van der Waals surface area contributed by atoms with Crippen molar-refractivity contribution in [1.29, 1.82) is 0 Å². The van der Waals surface area contributed by atoms with E-state index in [0.29, 0.717) is 17.6 Å². The number of nitrogens with one attached hydrogen (secondary N) is 1.